The normalized spacial score (nSPS) is 11.8. The predicted molar refractivity (Wildman–Crippen MR) is 116 cm³/mol. The van der Waals surface area contributed by atoms with Crippen LogP contribution < -0.4 is 20.3 Å². The third kappa shape index (κ3) is 4.93. The van der Waals surface area contributed by atoms with Gasteiger partial charge < -0.3 is 9.47 Å². The smallest absolute Gasteiger partial charge is 0.279 e. The molecule has 0 aliphatic rings. The maximum Gasteiger partial charge on any atom is 0.279 e. The Bertz CT molecular complexity index is 1140. The molecule has 3 aromatic rings. The van der Waals surface area contributed by atoms with Gasteiger partial charge in [0.25, 0.3) is 11.8 Å². The van der Waals surface area contributed by atoms with Crippen LogP contribution in [-0.4, -0.2) is 39.3 Å². The SMILES string of the molecule is Cc1cc(C)c2c(OCC(=O)NNC(=O)C(C)Oc3cccc(C)c3C)nn(C)c2n1. The van der Waals surface area contributed by atoms with Crippen LogP contribution in [0, 0.1) is 27.7 Å². The fraction of sp³-hybridized carbons (Fsp3) is 0.364. The molecule has 0 saturated heterocycles. The zero-order valence-electron chi connectivity index (χ0n) is 18.6. The van der Waals surface area contributed by atoms with Crippen LogP contribution in [0.3, 0.4) is 0 Å². The molecule has 1 aromatic carbocycles. The zero-order chi connectivity index (χ0) is 22.7. The molecule has 0 spiro atoms. The molecule has 0 saturated carbocycles. The lowest BCUT2D eigenvalue weighted by atomic mass is 10.1. The van der Waals surface area contributed by atoms with Crippen LogP contribution in [0.25, 0.3) is 11.0 Å². The molecule has 0 fully saturated rings. The van der Waals surface area contributed by atoms with Crippen LogP contribution in [0.5, 0.6) is 11.6 Å². The van der Waals surface area contributed by atoms with Gasteiger partial charge in [0.1, 0.15) is 5.75 Å². The van der Waals surface area contributed by atoms with E-state index in [0.29, 0.717) is 17.3 Å². The summed E-state index contributed by atoms with van der Waals surface area (Å²) in [7, 11) is 1.76. The third-order valence-corrected chi connectivity index (χ3v) is 4.98. The van der Waals surface area contributed by atoms with E-state index in [-0.39, 0.29) is 6.61 Å². The van der Waals surface area contributed by atoms with Crippen LogP contribution >= 0.6 is 0 Å². The second kappa shape index (κ2) is 9.03. The molecule has 2 aromatic heterocycles. The van der Waals surface area contributed by atoms with Gasteiger partial charge in [-0.2, -0.15) is 0 Å². The molecule has 9 nitrogen and oxygen atoms in total. The Labute approximate surface area is 180 Å². The highest BCUT2D eigenvalue weighted by Gasteiger charge is 2.18. The number of aryl methyl sites for hydroxylation is 4. The van der Waals surface area contributed by atoms with Gasteiger partial charge in [-0.25, -0.2) is 9.67 Å². The molecule has 31 heavy (non-hydrogen) atoms. The molecule has 0 radical (unpaired) electrons. The first-order valence-corrected chi connectivity index (χ1v) is 9.92. The number of amides is 2. The molecule has 0 aliphatic carbocycles. The Morgan fingerprint density at radius 3 is 2.61 bits per heavy atom. The van der Waals surface area contributed by atoms with Crippen LogP contribution in [0.1, 0.15) is 29.3 Å². The summed E-state index contributed by atoms with van der Waals surface area (Å²) in [5.74, 6) is -0.0639. The minimum atomic E-state index is -0.793. The summed E-state index contributed by atoms with van der Waals surface area (Å²) < 4.78 is 12.9. The number of carbonyl (C=O) groups is 2. The standard InChI is InChI=1S/C22H27N5O4/c1-12-8-7-9-17(15(12)4)31-16(5)21(29)25-24-18(28)11-30-22-19-13(2)10-14(3)23-20(19)27(6)26-22/h7-10,16H,11H2,1-6H3,(H,24,28)(H,25,29). The number of rotatable bonds is 6. The van der Waals surface area contributed by atoms with Crippen molar-refractivity contribution in [2.75, 3.05) is 6.61 Å². The summed E-state index contributed by atoms with van der Waals surface area (Å²) >= 11 is 0. The molecular formula is C22H27N5O4. The molecule has 0 aliphatic heterocycles. The molecule has 2 N–H and O–H groups in total. The molecule has 1 unspecified atom stereocenters. The lowest BCUT2D eigenvalue weighted by Gasteiger charge is -2.17. The molecule has 164 valence electrons. The van der Waals surface area contributed by atoms with E-state index in [1.165, 1.54) is 0 Å². The molecule has 2 heterocycles. The van der Waals surface area contributed by atoms with E-state index < -0.39 is 17.9 Å². The van der Waals surface area contributed by atoms with E-state index >= 15 is 0 Å². The van der Waals surface area contributed by atoms with E-state index in [2.05, 4.69) is 20.9 Å². The average Bonchev–Trinajstić information content (AvgIpc) is 3.03. The minimum Gasteiger partial charge on any atom is -0.481 e. The molecular weight excluding hydrogens is 398 g/mol. The maximum atomic E-state index is 12.3. The number of hydrogen-bond donors (Lipinski definition) is 2. The van der Waals surface area contributed by atoms with Crippen molar-refractivity contribution < 1.29 is 19.1 Å². The van der Waals surface area contributed by atoms with E-state index in [1.807, 2.05) is 45.9 Å². The monoisotopic (exact) mass is 425 g/mol. The van der Waals surface area contributed by atoms with Gasteiger partial charge in [-0.15, -0.1) is 5.10 Å². The summed E-state index contributed by atoms with van der Waals surface area (Å²) in [6, 6.07) is 7.56. The first-order chi connectivity index (χ1) is 14.7. The number of nitrogens with zero attached hydrogens (tertiary/aromatic N) is 3. The first kappa shape index (κ1) is 22.1. The van der Waals surface area contributed by atoms with Crippen molar-refractivity contribution in [3.63, 3.8) is 0 Å². The summed E-state index contributed by atoms with van der Waals surface area (Å²) in [5.41, 5.74) is 9.22. The number of fused-ring (bicyclic) bond motifs is 1. The number of aromatic nitrogens is 3. The van der Waals surface area contributed by atoms with E-state index in [0.717, 1.165) is 27.8 Å². The summed E-state index contributed by atoms with van der Waals surface area (Å²) in [6.45, 7) is 9.03. The molecule has 3 rings (SSSR count). The van der Waals surface area contributed by atoms with Crippen LogP contribution in [0.2, 0.25) is 0 Å². The highest BCUT2D eigenvalue weighted by Crippen LogP contribution is 2.27. The Morgan fingerprint density at radius 1 is 1.13 bits per heavy atom. The number of nitrogens with one attached hydrogen (secondary N) is 2. The fourth-order valence-corrected chi connectivity index (χ4v) is 3.15. The highest BCUT2D eigenvalue weighted by atomic mass is 16.5. The lowest BCUT2D eigenvalue weighted by molar-refractivity contribution is -0.133. The Balaban J connectivity index is 1.54. The topological polar surface area (TPSA) is 107 Å². The third-order valence-electron chi connectivity index (χ3n) is 4.98. The Kier molecular flexibility index (Phi) is 6.43. The minimum absolute atomic E-state index is 0.314. The number of pyridine rings is 1. The Morgan fingerprint density at radius 2 is 1.87 bits per heavy atom. The summed E-state index contributed by atoms with van der Waals surface area (Å²) in [6.07, 6.45) is -0.793. The largest absolute Gasteiger partial charge is 0.481 e. The lowest BCUT2D eigenvalue weighted by Crippen LogP contribution is -2.48. The second-order valence-electron chi connectivity index (χ2n) is 7.49. The van der Waals surface area contributed by atoms with Gasteiger partial charge in [-0.05, 0) is 63.4 Å². The number of hydrogen-bond acceptors (Lipinski definition) is 6. The second-order valence-corrected chi connectivity index (χ2v) is 7.49. The fourth-order valence-electron chi connectivity index (χ4n) is 3.15. The van der Waals surface area contributed by atoms with Crippen molar-refractivity contribution in [1.29, 1.82) is 0 Å². The van der Waals surface area contributed by atoms with Crippen molar-refractivity contribution in [1.82, 2.24) is 25.6 Å². The predicted octanol–water partition coefficient (Wildman–Crippen LogP) is 2.20. The van der Waals surface area contributed by atoms with Crippen LogP contribution in [0.15, 0.2) is 24.3 Å². The first-order valence-electron chi connectivity index (χ1n) is 9.92. The van der Waals surface area contributed by atoms with Crippen LogP contribution in [0.4, 0.5) is 0 Å². The number of hydrazine groups is 1. The zero-order valence-corrected chi connectivity index (χ0v) is 18.6. The maximum absolute atomic E-state index is 12.3. The van der Waals surface area contributed by atoms with Gasteiger partial charge >= 0.3 is 0 Å². The highest BCUT2D eigenvalue weighted by molar-refractivity contribution is 5.87. The molecule has 2 amide bonds. The molecule has 0 bridgehead atoms. The van der Waals surface area contributed by atoms with Gasteiger partial charge in [-0.1, -0.05) is 12.1 Å². The van der Waals surface area contributed by atoms with Gasteiger partial charge in [0, 0.05) is 12.7 Å². The van der Waals surface area contributed by atoms with E-state index in [9.17, 15) is 9.59 Å². The molecule has 1 atom stereocenters. The van der Waals surface area contributed by atoms with Gasteiger partial charge in [0.15, 0.2) is 18.4 Å². The average molecular weight is 425 g/mol. The van der Waals surface area contributed by atoms with E-state index in [4.69, 9.17) is 9.47 Å². The summed E-state index contributed by atoms with van der Waals surface area (Å²) in [5, 5.41) is 5.04. The van der Waals surface area contributed by atoms with Gasteiger partial charge in [0.2, 0.25) is 5.88 Å². The number of ether oxygens (including phenoxy) is 2. The van der Waals surface area contributed by atoms with E-state index in [1.54, 1.807) is 24.7 Å². The summed E-state index contributed by atoms with van der Waals surface area (Å²) in [4.78, 5) is 28.9. The Hall–Kier alpha value is -3.62. The number of benzene rings is 1. The molecule has 9 heteroatoms. The van der Waals surface area contributed by atoms with Gasteiger partial charge in [0.05, 0.1) is 5.39 Å². The van der Waals surface area contributed by atoms with Crippen molar-refractivity contribution >= 4 is 22.8 Å². The van der Waals surface area contributed by atoms with Crippen molar-refractivity contribution in [3.8, 4) is 11.6 Å². The number of carbonyl (C=O) groups excluding carboxylic acids is 2. The van der Waals surface area contributed by atoms with Crippen LogP contribution in [-0.2, 0) is 16.6 Å². The quantitative estimate of drug-likeness (QED) is 0.587. The van der Waals surface area contributed by atoms with Crippen molar-refractivity contribution in [2.24, 2.45) is 7.05 Å². The van der Waals surface area contributed by atoms with Gasteiger partial charge in [-0.3, -0.25) is 20.4 Å². The van der Waals surface area contributed by atoms with Crippen molar-refractivity contribution in [3.05, 3.63) is 46.6 Å². The van der Waals surface area contributed by atoms with Crippen molar-refractivity contribution in [2.45, 2.75) is 40.7 Å².